The lowest BCUT2D eigenvalue weighted by molar-refractivity contribution is -0.139. The van der Waals surface area contributed by atoms with Gasteiger partial charge in [-0.1, -0.05) is 0 Å². The van der Waals surface area contributed by atoms with Crippen molar-refractivity contribution in [2.24, 2.45) is 5.73 Å². The van der Waals surface area contributed by atoms with Gasteiger partial charge in [0.2, 0.25) is 17.7 Å². The summed E-state index contributed by atoms with van der Waals surface area (Å²) in [5.74, 6) is -5.90. The number of hydrogen-bond donors (Lipinski definition) is 7. The average Bonchev–Trinajstić information content (AvgIpc) is 2.74. The molecule has 170 valence electrons. The number of carboxylic acid groups (broad SMARTS) is 2. The number of anilines is 1. The minimum Gasteiger partial charge on any atom is -0.507 e. The largest absolute Gasteiger partial charge is 0.507 e. The van der Waals surface area contributed by atoms with Gasteiger partial charge in [0, 0.05) is 28.8 Å². The van der Waals surface area contributed by atoms with Gasteiger partial charge in [-0.05, 0) is 24.6 Å². The van der Waals surface area contributed by atoms with E-state index in [2.05, 4.69) is 16.0 Å². The van der Waals surface area contributed by atoms with Gasteiger partial charge < -0.3 is 37.0 Å². The maximum absolute atomic E-state index is 12.4. The fourth-order valence-corrected chi connectivity index (χ4v) is 3.16. The molecule has 1 aromatic rings. The number of hydrogen-bond acceptors (Lipinski definition) is 8. The second-order valence-electron chi connectivity index (χ2n) is 6.16. The van der Waals surface area contributed by atoms with Crippen molar-refractivity contribution in [3.05, 3.63) is 18.2 Å². The van der Waals surface area contributed by atoms with E-state index >= 15 is 0 Å². The number of thioether (sulfide) groups is 1. The summed E-state index contributed by atoms with van der Waals surface area (Å²) in [6.45, 7) is -3.62. The zero-order valence-electron chi connectivity index (χ0n) is 19.1. The smallest absolute Gasteiger partial charge is 0.322 e. The zero-order valence-corrected chi connectivity index (χ0v) is 16.9. The molecule has 8 N–H and O–H groups in total. The number of aromatic hydroxyl groups is 1. The molecule has 12 nitrogen and oxygen atoms in total. The highest BCUT2D eigenvalue weighted by Crippen LogP contribution is 2.31. The summed E-state index contributed by atoms with van der Waals surface area (Å²) < 4.78 is 21.3. The lowest BCUT2D eigenvalue weighted by Gasteiger charge is -2.18. The van der Waals surface area contributed by atoms with E-state index in [1.54, 1.807) is 0 Å². The van der Waals surface area contributed by atoms with E-state index in [1.165, 1.54) is 18.2 Å². The summed E-state index contributed by atoms with van der Waals surface area (Å²) in [7, 11) is 0. The highest BCUT2D eigenvalue weighted by Gasteiger charge is 2.23. The predicted octanol–water partition coefficient (Wildman–Crippen LogP) is -0.680. The van der Waals surface area contributed by atoms with Gasteiger partial charge in [-0.15, -0.1) is 11.8 Å². The standard InChI is InChI=1S/C18H24N4O8S/c1-9(23)21-10-2-4-13(24)14(6-10)31-8-12(17(28)20-7-16(26)27)22-15(25)5-3-11(19)18(29)30/h2,4,6,11-12,24H,3,5,7-8,19H2,1H3,(H,20,28)(H,21,23)(H,22,25)(H,26,27)(H,29,30)/t11-,12-/m0/s1/i1D3. The normalized spacial score (nSPS) is 14.2. The number of benzene rings is 1. The summed E-state index contributed by atoms with van der Waals surface area (Å²) in [4.78, 5) is 57.8. The second kappa shape index (κ2) is 12.4. The van der Waals surface area contributed by atoms with Gasteiger partial charge in [0.15, 0.2) is 0 Å². The highest BCUT2D eigenvalue weighted by atomic mass is 32.2. The number of nitrogens with two attached hydrogens (primary N) is 1. The van der Waals surface area contributed by atoms with Gasteiger partial charge in [0.25, 0.3) is 0 Å². The molecule has 0 aliphatic carbocycles. The van der Waals surface area contributed by atoms with Crippen molar-refractivity contribution in [1.29, 1.82) is 0 Å². The summed E-state index contributed by atoms with van der Waals surface area (Å²) >= 11 is 0.854. The monoisotopic (exact) mass is 459 g/mol. The van der Waals surface area contributed by atoms with Crippen molar-refractivity contribution in [2.75, 3.05) is 17.6 Å². The van der Waals surface area contributed by atoms with Gasteiger partial charge in [-0.25, -0.2) is 0 Å². The first-order chi connectivity index (χ1) is 15.7. The summed E-state index contributed by atoms with van der Waals surface area (Å²) in [6, 6.07) is 1.13. The second-order valence-corrected chi connectivity index (χ2v) is 7.22. The number of aliphatic carboxylic acids is 2. The van der Waals surface area contributed by atoms with Crippen molar-refractivity contribution in [3.63, 3.8) is 0 Å². The highest BCUT2D eigenvalue weighted by molar-refractivity contribution is 7.99. The van der Waals surface area contributed by atoms with E-state index in [0.717, 1.165) is 11.8 Å². The minimum absolute atomic E-state index is 0.0556. The first kappa shape index (κ1) is 20.9. The Morgan fingerprint density at radius 3 is 2.55 bits per heavy atom. The van der Waals surface area contributed by atoms with Crippen LogP contribution in [-0.4, -0.2) is 69.4 Å². The van der Waals surface area contributed by atoms with Crippen molar-refractivity contribution < 1.29 is 43.4 Å². The van der Waals surface area contributed by atoms with E-state index in [-0.39, 0.29) is 34.9 Å². The number of carbonyl (C=O) groups is 5. The Balaban J connectivity index is 2.92. The van der Waals surface area contributed by atoms with Crippen molar-refractivity contribution in [2.45, 2.75) is 36.7 Å². The Morgan fingerprint density at radius 1 is 1.23 bits per heavy atom. The van der Waals surface area contributed by atoms with Crippen LogP contribution in [0, 0.1) is 0 Å². The molecule has 0 aliphatic heterocycles. The maximum Gasteiger partial charge on any atom is 0.322 e. The summed E-state index contributed by atoms with van der Waals surface area (Å²) in [5, 5.41) is 34.2. The van der Waals surface area contributed by atoms with E-state index in [1.807, 2.05) is 0 Å². The molecule has 0 bridgehead atoms. The molecule has 2 atom stereocenters. The van der Waals surface area contributed by atoms with Crippen LogP contribution in [-0.2, 0) is 24.0 Å². The average molecular weight is 459 g/mol. The van der Waals surface area contributed by atoms with Gasteiger partial charge in [0.05, 0.1) is 4.90 Å². The number of carbonyl (C=O) groups excluding carboxylic acids is 3. The van der Waals surface area contributed by atoms with Crippen LogP contribution in [0.5, 0.6) is 5.75 Å². The zero-order chi connectivity index (χ0) is 26.1. The lowest BCUT2D eigenvalue weighted by Crippen LogP contribution is -2.49. The Hall–Kier alpha value is -3.32. The molecular weight excluding hydrogens is 432 g/mol. The Kier molecular flexibility index (Phi) is 8.37. The molecule has 1 rings (SSSR count). The van der Waals surface area contributed by atoms with Gasteiger partial charge in [-0.2, -0.15) is 0 Å². The van der Waals surface area contributed by atoms with Crippen LogP contribution in [0.1, 0.15) is 23.8 Å². The molecule has 0 heterocycles. The summed E-state index contributed by atoms with van der Waals surface area (Å²) in [5.41, 5.74) is 5.40. The predicted molar refractivity (Wildman–Crippen MR) is 111 cm³/mol. The molecule has 0 saturated carbocycles. The first-order valence-electron chi connectivity index (χ1n) is 10.2. The molecule has 0 aromatic heterocycles. The van der Waals surface area contributed by atoms with Gasteiger partial charge in [-0.3, -0.25) is 24.0 Å². The topological polar surface area (TPSA) is 208 Å². The molecule has 0 aliphatic rings. The van der Waals surface area contributed by atoms with Crippen LogP contribution < -0.4 is 21.7 Å². The van der Waals surface area contributed by atoms with E-state index in [9.17, 15) is 29.1 Å². The third-order valence-corrected chi connectivity index (χ3v) is 4.83. The van der Waals surface area contributed by atoms with Crippen molar-refractivity contribution >= 4 is 47.1 Å². The SMILES string of the molecule is [2H]C([2H])([2H])C(=O)Nc1ccc(O)c(SC[C@H](NC(=O)CC[C@H](N)C(=O)O)C(=O)NCC(=O)O)c1. The third kappa shape index (κ3) is 9.82. The summed E-state index contributed by atoms with van der Waals surface area (Å²) in [6.07, 6.45) is -0.521. The number of phenolic OH excluding ortho intramolecular Hbond substituents is 1. The maximum atomic E-state index is 12.4. The third-order valence-electron chi connectivity index (χ3n) is 3.69. The molecule has 0 fully saturated rings. The van der Waals surface area contributed by atoms with E-state index < -0.39 is 55.1 Å². The Labute approximate surface area is 185 Å². The molecular formula is C18H24N4O8S. The number of phenols is 1. The molecule has 0 spiro atoms. The Morgan fingerprint density at radius 2 is 1.94 bits per heavy atom. The lowest BCUT2D eigenvalue weighted by atomic mass is 10.1. The van der Waals surface area contributed by atoms with Crippen LogP contribution in [0.4, 0.5) is 5.69 Å². The number of amides is 3. The van der Waals surface area contributed by atoms with Crippen LogP contribution in [0.25, 0.3) is 0 Å². The van der Waals surface area contributed by atoms with Crippen LogP contribution in [0.15, 0.2) is 23.1 Å². The molecule has 0 radical (unpaired) electrons. The molecule has 3 amide bonds. The number of rotatable bonds is 12. The fraction of sp³-hybridized carbons (Fsp3) is 0.389. The van der Waals surface area contributed by atoms with Gasteiger partial charge >= 0.3 is 11.9 Å². The molecule has 31 heavy (non-hydrogen) atoms. The quantitative estimate of drug-likeness (QED) is 0.155. The van der Waals surface area contributed by atoms with Crippen LogP contribution >= 0.6 is 11.8 Å². The molecule has 1 aromatic carbocycles. The van der Waals surface area contributed by atoms with Crippen molar-refractivity contribution in [1.82, 2.24) is 10.6 Å². The fourth-order valence-electron chi connectivity index (χ4n) is 2.16. The molecule has 0 saturated heterocycles. The van der Waals surface area contributed by atoms with E-state index in [0.29, 0.717) is 0 Å². The minimum atomic E-state index is -2.90. The first-order valence-corrected chi connectivity index (χ1v) is 9.73. The van der Waals surface area contributed by atoms with Crippen molar-refractivity contribution in [3.8, 4) is 5.75 Å². The van der Waals surface area contributed by atoms with Crippen LogP contribution in [0.2, 0.25) is 0 Å². The Bertz CT molecular complexity index is 944. The number of nitrogens with one attached hydrogen (secondary N) is 3. The van der Waals surface area contributed by atoms with Crippen LogP contribution in [0.3, 0.4) is 0 Å². The molecule has 13 heteroatoms. The van der Waals surface area contributed by atoms with E-state index in [4.69, 9.17) is 20.1 Å². The molecule has 0 unspecified atom stereocenters. The van der Waals surface area contributed by atoms with Gasteiger partial charge in [0.1, 0.15) is 24.4 Å². The number of carboxylic acids is 2.